The van der Waals surface area contributed by atoms with Crippen molar-refractivity contribution in [2.75, 3.05) is 13.1 Å². The molecule has 0 amide bonds. The van der Waals surface area contributed by atoms with Gasteiger partial charge in [0, 0.05) is 25.3 Å². The van der Waals surface area contributed by atoms with Crippen LogP contribution in [-0.4, -0.2) is 40.3 Å². The van der Waals surface area contributed by atoms with Gasteiger partial charge in [-0.05, 0) is 43.3 Å². The fourth-order valence-electron chi connectivity index (χ4n) is 3.36. The first-order valence-corrected chi connectivity index (χ1v) is 10.2. The molecule has 0 saturated carbocycles. The van der Waals surface area contributed by atoms with Gasteiger partial charge in [-0.3, -0.25) is 0 Å². The molecule has 1 saturated heterocycles. The number of rotatable bonds is 3. The molecule has 24 heavy (non-hydrogen) atoms. The van der Waals surface area contributed by atoms with Crippen LogP contribution in [0.15, 0.2) is 40.1 Å². The fraction of sp³-hybridized carbons (Fsp3) is 0.375. The molecule has 0 radical (unpaired) electrons. The number of sulfonamides is 1. The van der Waals surface area contributed by atoms with Crippen molar-refractivity contribution in [3.8, 4) is 0 Å². The molecule has 6 nitrogen and oxygen atoms in total. The lowest BCUT2D eigenvalue weighted by Gasteiger charge is -2.32. The first-order chi connectivity index (χ1) is 11.6. The first-order valence-electron chi connectivity index (χ1n) is 7.90. The van der Waals surface area contributed by atoms with E-state index in [0.717, 1.165) is 29.8 Å². The van der Waals surface area contributed by atoms with Crippen LogP contribution < -0.4 is 0 Å². The van der Waals surface area contributed by atoms with Gasteiger partial charge in [-0.25, -0.2) is 18.4 Å². The minimum atomic E-state index is -3.35. The number of hydrogen-bond acceptors (Lipinski definition) is 5. The molecule has 0 bridgehead atoms. The van der Waals surface area contributed by atoms with E-state index in [9.17, 15) is 8.42 Å². The van der Waals surface area contributed by atoms with Crippen LogP contribution in [-0.2, 0) is 10.0 Å². The summed E-state index contributed by atoms with van der Waals surface area (Å²) in [5.74, 6) is 0.934. The van der Waals surface area contributed by atoms with Gasteiger partial charge in [0.1, 0.15) is 15.6 Å². The predicted molar refractivity (Wildman–Crippen MR) is 93.6 cm³/mol. The molecule has 0 aliphatic carbocycles. The normalized spacial score (nSPS) is 17.5. The molecule has 3 aromatic rings. The van der Waals surface area contributed by atoms with Gasteiger partial charge < -0.3 is 4.57 Å². The largest absolute Gasteiger partial charge is 0.310 e. The summed E-state index contributed by atoms with van der Waals surface area (Å²) in [6.07, 6.45) is 3.32. The van der Waals surface area contributed by atoms with Crippen LogP contribution in [0.3, 0.4) is 0 Å². The number of imidazole rings is 1. The molecule has 0 N–H and O–H groups in total. The van der Waals surface area contributed by atoms with E-state index in [1.165, 1.54) is 11.3 Å². The van der Waals surface area contributed by atoms with Gasteiger partial charge in [0.05, 0.1) is 0 Å². The second-order valence-electron chi connectivity index (χ2n) is 5.94. The highest BCUT2D eigenvalue weighted by Gasteiger charge is 2.31. The number of aryl methyl sites for hydroxylation is 1. The van der Waals surface area contributed by atoms with E-state index in [1.807, 2.05) is 19.1 Å². The summed E-state index contributed by atoms with van der Waals surface area (Å²) < 4.78 is 29.4. The lowest BCUT2D eigenvalue weighted by molar-refractivity contribution is 0.275. The minimum absolute atomic E-state index is 0.236. The molecular weight excluding hydrogens is 344 g/mol. The summed E-state index contributed by atoms with van der Waals surface area (Å²) in [4.78, 5) is 9.02. The molecule has 8 heteroatoms. The summed E-state index contributed by atoms with van der Waals surface area (Å²) in [5.41, 5.74) is 1.78. The number of nitrogens with zero attached hydrogens (tertiary/aromatic N) is 4. The van der Waals surface area contributed by atoms with Crippen molar-refractivity contribution >= 4 is 32.5 Å². The van der Waals surface area contributed by atoms with Crippen LogP contribution in [0.25, 0.3) is 11.2 Å². The highest BCUT2D eigenvalue weighted by Crippen LogP contribution is 2.31. The third-order valence-electron chi connectivity index (χ3n) is 4.50. The highest BCUT2D eigenvalue weighted by molar-refractivity contribution is 7.91. The molecule has 0 unspecified atom stereocenters. The van der Waals surface area contributed by atoms with Gasteiger partial charge in [-0.15, -0.1) is 11.3 Å². The molecule has 4 rings (SSSR count). The molecule has 126 valence electrons. The van der Waals surface area contributed by atoms with Crippen LogP contribution >= 0.6 is 11.3 Å². The van der Waals surface area contributed by atoms with Crippen LogP contribution in [0.1, 0.15) is 24.7 Å². The maximum absolute atomic E-state index is 12.6. The summed E-state index contributed by atoms with van der Waals surface area (Å²) in [6.45, 7) is 3.03. The van der Waals surface area contributed by atoms with Crippen LogP contribution in [0.2, 0.25) is 0 Å². The average molecular weight is 362 g/mol. The van der Waals surface area contributed by atoms with E-state index in [1.54, 1.807) is 28.0 Å². The Bertz CT molecular complexity index is 955. The smallest absolute Gasteiger partial charge is 0.252 e. The Balaban J connectivity index is 1.57. The Morgan fingerprint density at radius 3 is 2.71 bits per heavy atom. The van der Waals surface area contributed by atoms with Gasteiger partial charge in [-0.1, -0.05) is 6.07 Å². The topological polar surface area (TPSA) is 68.1 Å². The zero-order valence-corrected chi connectivity index (χ0v) is 14.9. The molecule has 1 fully saturated rings. The van der Waals surface area contributed by atoms with E-state index in [4.69, 9.17) is 0 Å². The monoisotopic (exact) mass is 362 g/mol. The zero-order valence-electron chi connectivity index (χ0n) is 13.3. The minimum Gasteiger partial charge on any atom is -0.310 e. The van der Waals surface area contributed by atoms with Gasteiger partial charge >= 0.3 is 0 Å². The van der Waals surface area contributed by atoms with Crippen molar-refractivity contribution in [1.29, 1.82) is 0 Å². The Morgan fingerprint density at radius 2 is 2.00 bits per heavy atom. The van der Waals surface area contributed by atoms with Crippen molar-refractivity contribution in [1.82, 2.24) is 18.8 Å². The lowest BCUT2D eigenvalue weighted by atomic mass is 10.1. The number of aromatic nitrogens is 3. The Kier molecular flexibility index (Phi) is 3.90. The number of thiophene rings is 1. The SMILES string of the molecule is Cc1nc2cccnc2n1C1CCN(S(=O)(=O)c2cccs2)CC1. The molecule has 0 atom stereocenters. The van der Waals surface area contributed by atoms with Crippen LogP contribution in [0, 0.1) is 6.92 Å². The molecule has 0 spiro atoms. The molecule has 4 heterocycles. The Hall–Kier alpha value is -1.77. The Labute approximate surface area is 144 Å². The quantitative estimate of drug-likeness (QED) is 0.718. The predicted octanol–water partition coefficient (Wildman–Crippen LogP) is 2.83. The summed E-state index contributed by atoms with van der Waals surface area (Å²) >= 11 is 1.27. The summed E-state index contributed by atoms with van der Waals surface area (Å²) in [5, 5.41) is 1.80. The number of hydrogen-bond donors (Lipinski definition) is 0. The van der Waals surface area contributed by atoms with Crippen molar-refractivity contribution in [3.63, 3.8) is 0 Å². The number of piperidine rings is 1. The van der Waals surface area contributed by atoms with Crippen molar-refractivity contribution < 1.29 is 8.42 Å². The van der Waals surface area contributed by atoms with Gasteiger partial charge in [0.25, 0.3) is 10.0 Å². The zero-order chi connectivity index (χ0) is 16.7. The van der Waals surface area contributed by atoms with Gasteiger partial charge in [-0.2, -0.15) is 4.31 Å². The standard InChI is InChI=1S/C16H18N4O2S2/c1-12-18-14-4-2-8-17-16(14)20(12)13-6-9-19(10-7-13)24(21,22)15-5-3-11-23-15/h2-5,8,11,13H,6-7,9-10H2,1H3. The Morgan fingerprint density at radius 1 is 1.21 bits per heavy atom. The average Bonchev–Trinajstić information content (AvgIpc) is 3.22. The molecule has 0 aromatic carbocycles. The van der Waals surface area contributed by atoms with Crippen molar-refractivity contribution in [2.24, 2.45) is 0 Å². The van der Waals surface area contributed by atoms with Crippen LogP contribution in [0.5, 0.6) is 0 Å². The van der Waals surface area contributed by atoms with E-state index < -0.39 is 10.0 Å². The molecule has 3 aromatic heterocycles. The third kappa shape index (κ3) is 2.54. The van der Waals surface area contributed by atoms with Gasteiger partial charge in [0.15, 0.2) is 5.65 Å². The summed E-state index contributed by atoms with van der Waals surface area (Å²) in [7, 11) is -3.35. The van der Waals surface area contributed by atoms with Crippen molar-refractivity contribution in [3.05, 3.63) is 41.7 Å². The highest BCUT2D eigenvalue weighted by atomic mass is 32.2. The van der Waals surface area contributed by atoms with Crippen molar-refractivity contribution in [2.45, 2.75) is 30.0 Å². The van der Waals surface area contributed by atoms with E-state index in [-0.39, 0.29) is 6.04 Å². The van der Waals surface area contributed by atoms with E-state index >= 15 is 0 Å². The number of pyridine rings is 1. The van der Waals surface area contributed by atoms with Gasteiger partial charge in [0.2, 0.25) is 0 Å². The maximum Gasteiger partial charge on any atom is 0.252 e. The van der Waals surface area contributed by atoms with E-state index in [2.05, 4.69) is 14.5 Å². The molecular formula is C16H18N4O2S2. The number of fused-ring (bicyclic) bond motifs is 1. The third-order valence-corrected chi connectivity index (χ3v) is 7.77. The second-order valence-corrected chi connectivity index (χ2v) is 9.05. The molecule has 1 aliphatic heterocycles. The lowest BCUT2D eigenvalue weighted by Crippen LogP contribution is -2.38. The maximum atomic E-state index is 12.6. The second kappa shape index (κ2) is 5.94. The van der Waals surface area contributed by atoms with Crippen LogP contribution in [0.4, 0.5) is 0 Å². The van der Waals surface area contributed by atoms with E-state index in [0.29, 0.717) is 17.3 Å². The fourth-order valence-corrected chi connectivity index (χ4v) is 5.97. The summed E-state index contributed by atoms with van der Waals surface area (Å²) in [6, 6.07) is 7.53. The first kappa shape index (κ1) is 15.7. The molecule has 1 aliphatic rings.